The molecule has 0 aromatic carbocycles. The summed E-state index contributed by atoms with van der Waals surface area (Å²) in [6, 6.07) is 0. The van der Waals surface area contributed by atoms with Crippen LogP contribution in [-0.4, -0.2) is 21.9 Å². The van der Waals surface area contributed by atoms with Gasteiger partial charge in [-0.2, -0.15) is 0 Å². The van der Waals surface area contributed by atoms with E-state index in [0.717, 1.165) is 0 Å². The minimum absolute atomic E-state index is 0.586. The van der Waals surface area contributed by atoms with Crippen LogP contribution in [0.25, 0.3) is 0 Å². The number of aromatic amines is 2. The third kappa shape index (κ3) is 3.33. The summed E-state index contributed by atoms with van der Waals surface area (Å²) in [6.45, 7) is 3.34. The van der Waals surface area contributed by atoms with Crippen LogP contribution in [-0.2, 0) is 33.2 Å². The van der Waals surface area contributed by atoms with E-state index in [4.69, 9.17) is 9.47 Å². The summed E-state index contributed by atoms with van der Waals surface area (Å²) >= 11 is 0. The van der Waals surface area contributed by atoms with Crippen molar-refractivity contribution in [2.45, 2.75) is 26.1 Å². The third-order valence-electron chi connectivity index (χ3n) is 3.32. The fourth-order valence-corrected chi connectivity index (χ4v) is 2.17. The number of nitrogens with zero attached hydrogens (tertiary/aromatic N) is 2. The fourth-order valence-electron chi connectivity index (χ4n) is 2.17. The van der Waals surface area contributed by atoms with Gasteiger partial charge < -0.3 is 9.47 Å². The van der Waals surface area contributed by atoms with Gasteiger partial charge in [0.05, 0.1) is 14.1 Å². The van der Waals surface area contributed by atoms with Crippen LogP contribution in [0.4, 0.5) is 0 Å². The summed E-state index contributed by atoms with van der Waals surface area (Å²) in [5.41, 5.74) is 0. The lowest BCUT2D eigenvalue weighted by Crippen LogP contribution is -2.35. The predicted octanol–water partition coefficient (Wildman–Crippen LogP) is -0.0996. The van der Waals surface area contributed by atoms with Gasteiger partial charge in [0, 0.05) is 0 Å². The minimum Gasteiger partial charge on any atom is -0.441 e. The minimum atomic E-state index is -1.02. The lowest BCUT2D eigenvalue weighted by atomic mass is 10.3. The second-order valence-corrected chi connectivity index (χ2v) is 5.01. The van der Waals surface area contributed by atoms with Gasteiger partial charge in [0.1, 0.15) is 24.8 Å². The second-order valence-electron chi connectivity index (χ2n) is 5.01. The van der Waals surface area contributed by atoms with Gasteiger partial charge in [0.15, 0.2) is 12.2 Å². The zero-order valence-electron chi connectivity index (χ0n) is 13.0. The third-order valence-corrected chi connectivity index (χ3v) is 3.32. The average Bonchev–Trinajstić information content (AvgIpc) is 3.06. The summed E-state index contributed by atoms with van der Waals surface area (Å²) in [7, 11) is 3.61. The van der Waals surface area contributed by atoms with Crippen LogP contribution < -0.4 is 9.13 Å². The van der Waals surface area contributed by atoms with E-state index in [9.17, 15) is 9.59 Å². The number of rotatable bonds is 4. The Bertz CT molecular complexity index is 618. The average molecular weight is 308 g/mol. The highest BCUT2D eigenvalue weighted by Crippen LogP contribution is 2.13. The van der Waals surface area contributed by atoms with Crippen LogP contribution in [0, 0.1) is 0 Å². The van der Waals surface area contributed by atoms with Gasteiger partial charge in [-0.1, -0.05) is 0 Å². The van der Waals surface area contributed by atoms with Gasteiger partial charge in [0.25, 0.3) is 11.6 Å². The number of aryl methyl sites for hydroxylation is 2. The Morgan fingerprint density at radius 3 is 1.55 bits per heavy atom. The van der Waals surface area contributed by atoms with E-state index < -0.39 is 24.1 Å². The monoisotopic (exact) mass is 308 g/mol. The number of H-pyrrole nitrogens is 2. The van der Waals surface area contributed by atoms with Gasteiger partial charge in [-0.05, 0) is 13.8 Å². The molecule has 8 heteroatoms. The highest BCUT2D eigenvalue weighted by molar-refractivity contribution is 6.29. The number of carbonyl (C=O) groups excluding carboxylic acids is 2. The number of hydrogen-bond acceptors (Lipinski definition) is 4. The summed E-state index contributed by atoms with van der Waals surface area (Å²) < 4.78 is 13.7. The number of ether oxygens (including phenoxy) is 2. The SMILES string of the molecule is CC(OC(=O)C(=O)OC(C)c1[nH]cc[n+]1C)c1[nH]cc[n+]1C. The topological polar surface area (TPSA) is 91.9 Å². The Morgan fingerprint density at radius 2 is 1.27 bits per heavy atom. The molecule has 0 aliphatic heterocycles. The van der Waals surface area contributed by atoms with Crippen molar-refractivity contribution in [2.24, 2.45) is 14.1 Å². The molecule has 2 rings (SSSR count). The van der Waals surface area contributed by atoms with E-state index in [-0.39, 0.29) is 0 Å². The first-order valence-electron chi connectivity index (χ1n) is 6.87. The van der Waals surface area contributed by atoms with Crippen LogP contribution in [0.15, 0.2) is 24.8 Å². The van der Waals surface area contributed by atoms with Crippen molar-refractivity contribution >= 4 is 11.9 Å². The maximum Gasteiger partial charge on any atom is 0.418 e. The van der Waals surface area contributed by atoms with E-state index in [0.29, 0.717) is 11.6 Å². The fraction of sp³-hybridized carbons (Fsp3) is 0.429. The molecule has 22 heavy (non-hydrogen) atoms. The molecular formula is C14H20N4O4+2. The molecule has 2 N–H and O–H groups in total. The van der Waals surface area contributed by atoms with Gasteiger partial charge in [-0.3, -0.25) is 0 Å². The summed E-state index contributed by atoms with van der Waals surface area (Å²) in [5, 5.41) is 0. The van der Waals surface area contributed by atoms with Crippen molar-refractivity contribution in [3.05, 3.63) is 36.4 Å². The molecule has 2 aromatic heterocycles. The highest BCUT2D eigenvalue weighted by atomic mass is 16.6. The van der Waals surface area contributed by atoms with Gasteiger partial charge >= 0.3 is 11.9 Å². The maximum absolute atomic E-state index is 11.8. The van der Waals surface area contributed by atoms with E-state index in [1.807, 2.05) is 14.1 Å². The number of hydrogen-bond donors (Lipinski definition) is 2. The predicted molar refractivity (Wildman–Crippen MR) is 73.0 cm³/mol. The van der Waals surface area contributed by atoms with Crippen LogP contribution in [0.5, 0.6) is 0 Å². The molecule has 2 unspecified atom stereocenters. The molecule has 0 spiro atoms. The second kappa shape index (κ2) is 6.42. The number of nitrogens with one attached hydrogen (secondary N) is 2. The molecule has 2 atom stereocenters. The molecule has 0 bridgehead atoms. The molecule has 0 aliphatic rings. The van der Waals surface area contributed by atoms with Gasteiger partial charge in [-0.25, -0.2) is 28.7 Å². The first-order chi connectivity index (χ1) is 10.4. The largest absolute Gasteiger partial charge is 0.441 e. The van der Waals surface area contributed by atoms with Crippen LogP contribution in [0.3, 0.4) is 0 Å². The zero-order valence-corrected chi connectivity index (χ0v) is 13.0. The van der Waals surface area contributed by atoms with E-state index >= 15 is 0 Å². The van der Waals surface area contributed by atoms with E-state index in [1.165, 1.54) is 0 Å². The maximum atomic E-state index is 11.8. The number of imidazole rings is 2. The Labute approximate surface area is 127 Å². The molecule has 0 saturated heterocycles. The van der Waals surface area contributed by atoms with Crippen molar-refractivity contribution in [3.63, 3.8) is 0 Å². The smallest absolute Gasteiger partial charge is 0.418 e. The van der Waals surface area contributed by atoms with Crippen molar-refractivity contribution < 1.29 is 28.2 Å². The van der Waals surface area contributed by atoms with Crippen LogP contribution in [0.2, 0.25) is 0 Å². The van der Waals surface area contributed by atoms with Crippen molar-refractivity contribution in [3.8, 4) is 0 Å². The standard InChI is InChI=1S/C14H18N4O4/c1-9(11-15-5-7-17(11)3)21-13(19)14(20)22-10(2)12-16-6-8-18(12)4/h5-10H,1-4H3/p+2. The van der Waals surface area contributed by atoms with Crippen molar-refractivity contribution in [2.75, 3.05) is 0 Å². The lowest BCUT2D eigenvalue weighted by Gasteiger charge is -2.11. The molecule has 0 amide bonds. The van der Waals surface area contributed by atoms with Crippen molar-refractivity contribution in [1.29, 1.82) is 0 Å². The zero-order chi connectivity index (χ0) is 16.3. The normalized spacial score (nSPS) is 13.5. The quantitative estimate of drug-likeness (QED) is 0.469. The number of esters is 2. The Hall–Kier alpha value is -2.64. The summed E-state index contributed by atoms with van der Waals surface area (Å²) in [6.07, 6.45) is 5.82. The summed E-state index contributed by atoms with van der Waals surface area (Å²) in [4.78, 5) is 29.5. The Kier molecular flexibility index (Phi) is 4.59. The molecule has 8 nitrogen and oxygen atoms in total. The van der Waals surface area contributed by atoms with E-state index in [1.54, 1.807) is 47.8 Å². The first kappa shape index (κ1) is 15.7. The highest BCUT2D eigenvalue weighted by Gasteiger charge is 2.29. The van der Waals surface area contributed by atoms with Gasteiger partial charge in [-0.15, -0.1) is 0 Å². The molecule has 0 fully saturated rings. The van der Waals surface area contributed by atoms with Crippen LogP contribution in [0.1, 0.15) is 37.7 Å². The Balaban J connectivity index is 1.94. The molecule has 2 heterocycles. The first-order valence-corrected chi connectivity index (χ1v) is 6.87. The van der Waals surface area contributed by atoms with E-state index in [2.05, 4.69) is 9.97 Å². The van der Waals surface area contributed by atoms with Crippen LogP contribution >= 0.6 is 0 Å². The molecular weight excluding hydrogens is 288 g/mol. The Morgan fingerprint density at radius 1 is 0.909 bits per heavy atom. The molecule has 0 radical (unpaired) electrons. The van der Waals surface area contributed by atoms with Gasteiger partial charge in [0.2, 0.25) is 0 Å². The molecule has 0 aliphatic carbocycles. The van der Waals surface area contributed by atoms with Crippen molar-refractivity contribution in [1.82, 2.24) is 9.97 Å². The number of aromatic nitrogens is 4. The summed E-state index contributed by atoms with van der Waals surface area (Å²) in [5.74, 6) is -0.707. The molecule has 2 aromatic rings. The number of carbonyl (C=O) groups is 2. The molecule has 118 valence electrons. The lowest BCUT2D eigenvalue weighted by molar-refractivity contribution is -0.681. The molecule has 0 saturated carbocycles.